The highest BCUT2D eigenvalue weighted by Crippen LogP contribution is 2.26. The van der Waals surface area contributed by atoms with Gasteiger partial charge in [-0.25, -0.2) is 8.42 Å². The number of anilines is 2. The van der Waals surface area contributed by atoms with Gasteiger partial charge in [0.2, 0.25) is 0 Å². The van der Waals surface area contributed by atoms with Crippen LogP contribution in [-0.4, -0.2) is 26.6 Å². The van der Waals surface area contributed by atoms with E-state index < -0.39 is 10.0 Å². The summed E-state index contributed by atoms with van der Waals surface area (Å²) in [7, 11) is -3.65. The molecule has 0 radical (unpaired) electrons. The lowest BCUT2D eigenvalue weighted by Crippen LogP contribution is -2.15. The minimum atomic E-state index is -3.65. The Kier molecular flexibility index (Phi) is 6.18. The van der Waals surface area contributed by atoms with Crippen LogP contribution in [0.4, 0.5) is 11.4 Å². The number of hydrogen-bond acceptors (Lipinski definition) is 5. The molecular formula is C23H25N3O3S. The van der Waals surface area contributed by atoms with E-state index in [1.807, 2.05) is 30.3 Å². The fourth-order valence-electron chi connectivity index (χ4n) is 3.57. The van der Waals surface area contributed by atoms with Crippen LogP contribution in [-0.2, 0) is 22.9 Å². The lowest BCUT2D eigenvalue weighted by molar-refractivity contribution is 0.333. The minimum absolute atomic E-state index is 0.302. The zero-order valence-corrected chi connectivity index (χ0v) is 17.5. The van der Waals surface area contributed by atoms with Gasteiger partial charge in [0.05, 0.1) is 10.6 Å². The van der Waals surface area contributed by atoms with Gasteiger partial charge in [-0.1, -0.05) is 12.1 Å². The van der Waals surface area contributed by atoms with Crippen LogP contribution in [0.3, 0.4) is 0 Å². The number of rotatable bonds is 8. The van der Waals surface area contributed by atoms with Crippen molar-refractivity contribution in [2.45, 2.75) is 30.6 Å². The first-order valence-electron chi connectivity index (χ1n) is 10.1. The van der Waals surface area contributed by atoms with Crippen molar-refractivity contribution < 1.29 is 13.2 Å². The zero-order valence-electron chi connectivity index (χ0n) is 16.7. The van der Waals surface area contributed by atoms with E-state index in [9.17, 15) is 8.42 Å². The molecule has 0 unspecified atom stereocenters. The quantitative estimate of drug-likeness (QED) is 0.530. The van der Waals surface area contributed by atoms with Gasteiger partial charge < -0.3 is 10.1 Å². The zero-order chi connectivity index (χ0) is 20.8. The van der Waals surface area contributed by atoms with Gasteiger partial charge in [0.25, 0.3) is 10.0 Å². The maximum atomic E-state index is 12.8. The number of fused-ring (bicyclic) bond motifs is 1. The Morgan fingerprint density at radius 2 is 1.70 bits per heavy atom. The number of ether oxygens (including phenoxy) is 1. The predicted molar refractivity (Wildman–Crippen MR) is 119 cm³/mol. The van der Waals surface area contributed by atoms with E-state index >= 15 is 0 Å². The standard InChI is InChI=1S/C23H25N3O3S/c27-30(28,23-9-8-18-4-1-2-5-19(18)16-23)26-21-6-3-7-22(17-21)29-15-14-25-20-10-12-24-13-11-20/h3,6-13,16-17,26H,1-2,4-5,14-15H2,(H,24,25). The number of nitrogens with one attached hydrogen (secondary N) is 2. The van der Waals surface area contributed by atoms with Crippen molar-refractivity contribution in [2.75, 3.05) is 23.2 Å². The smallest absolute Gasteiger partial charge is 0.261 e. The van der Waals surface area contributed by atoms with E-state index in [1.54, 1.807) is 36.7 Å². The van der Waals surface area contributed by atoms with E-state index in [4.69, 9.17) is 4.74 Å². The molecule has 0 fully saturated rings. The highest BCUT2D eigenvalue weighted by Gasteiger charge is 2.18. The molecule has 0 aliphatic heterocycles. The van der Waals surface area contributed by atoms with E-state index in [0.717, 1.165) is 30.5 Å². The van der Waals surface area contributed by atoms with Gasteiger partial charge in [-0.15, -0.1) is 0 Å². The fourth-order valence-corrected chi connectivity index (χ4v) is 4.67. The molecule has 0 spiro atoms. The molecule has 0 amide bonds. The van der Waals surface area contributed by atoms with Crippen LogP contribution >= 0.6 is 0 Å². The van der Waals surface area contributed by atoms with E-state index in [1.165, 1.54) is 12.0 Å². The molecule has 0 saturated carbocycles. The number of aryl methyl sites for hydroxylation is 2. The van der Waals surface area contributed by atoms with Crippen LogP contribution in [0, 0.1) is 0 Å². The molecule has 0 bridgehead atoms. The van der Waals surface area contributed by atoms with Crippen molar-refractivity contribution in [3.63, 3.8) is 0 Å². The van der Waals surface area contributed by atoms with Gasteiger partial charge in [0.15, 0.2) is 0 Å². The molecule has 0 saturated heterocycles. The van der Waals surface area contributed by atoms with Crippen molar-refractivity contribution in [2.24, 2.45) is 0 Å². The molecule has 7 heteroatoms. The summed E-state index contributed by atoms with van der Waals surface area (Å²) in [6, 6.07) is 16.2. The summed E-state index contributed by atoms with van der Waals surface area (Å²) in [4.78, 5) is 4.28. The molecule has 30 heavy (non-hydrogen) atoms. The summed E-state index contributed by atoms with van der Waals surface area (Å²) in [6.07, 6.45) is 7.69. The molecule has 3 aromatic rings. The molecule has 1 heterocycles. The number of pyridine rings is 1. The first-order valence-corrected chi connectivity index (χ1v) is 11.6. The highest BCUT2D eigenvalue weighted by atomic mass is 32.2. The second-order valence-electron chi connectivity index (χ2n) is 7.28. The van der Waals surface area contributed by atoms with Gasteiger partial charge in [0, 0.05) is 30.7 Å². The molecule has 1 aromatic heterocycles. The highest BCUT2D eigenvalue weighted by molar-refractivity contribution is 7.92. The Labute approximate surface area is 177 Å². The first-order chi connectivity index (χ1) is 14.6. The lowest BCUT2D eigenvalue weighted by Gasteiger charge is -2.17. The van der Waals surface area contributed by atoms with Crippen molar-refractivity contribution >= 4 is 21.4 Å². The fraction of sp³-hybridized carbons (Fsp3) is 0.261. The summed E-state index contributed by atoms with van der Waals surface area (Å²) in [5.74, 6) is 0.608. The van der Waals surface area contributed by atoms with Crippen LogP contribution < -0.4 is 14.8 Å². The van der Waals surface area contributed by atoms with Crippen LogP contribution in [0.1, 0.15) is 24.0 Å². The molecule has 156 valence electrons. The van der Waals surface area contributed by atoms with Crippen molar-refractivity contribution in [3.05, 3.63) is 78.1 Å². The number of aromatic nitrogens is 1. The van der Waals surface area contributed by atoms with E-state index in [2.05, 4.69) is 15.0 Å². The second-order valence-corrected chi connectivity index (χ2v) is 8.96. The Balaban J connectivity index is 1.37. The van der Waals surface area contributed by atoms with Crippen molar-refractivity contribution in [3.8, 4) is 5.75 Å². The third-order valence-electron chi connectivity index (χ3n) is 5.10. The van der Waals surface area contributed by atoms with Crippen LogP contribution in [0.2, 0.25) is 0 Å². The molecular weight excluding hydrogens is 398 g/mol. The number of nitrogens with zero attached hydrogens (tertiary/aromatic N) is 1. The third kappa shape index (κ3) is 5.10. The van der Waals surface area contributed by atoms with Crippen LogP contribution in [0.5, 0.6) is 5.75 Å². The van der Waals surface area contributed by atoms with E-state index in [0.29, 0.717) is 29.5 Å². The Bertz CT molecular complexity index is 1100. The Morgan fingerprint density at radius 3 is 2.53 bits per heavy atom. The van der Waals surface area contributed by atoms with Crippen LogP contribution in [0.15, 0.2) is 71.9 Å². The molecule has 1 aliphatic rings. The minimum Gasteiger partial charge on any atom is -0.492 e. The van der Waals surface area contributed by atoms with Crippen LogP contribution in [0.25, 0.3) is 0 Å². The van der Waals surface area contributed by atoms with Gasteiger partial charge in [-0.05, 0) is 73.2 Å². The number of hydrogen-bond donors (Lipinski definition) is 2. The third-order valence-corrected chi connectivity index (χ3v) is 6.48. The SMILES string of the molecule is O=S(=O)(Nc1cccc(OCCNc2ccncc2)c1)c1ccc2c(c1)CCCC2. The predicted octanol–water partition coefficient (Wildman–Crippen LogP) is 4.25. The maximum Gasteiger partial charge on any atom is 0.261 e. The normalized spacial score (nSPS) is 13.3. The Morgan fingerprint density at radius 1 is 0.900 bits per heavy atom. The summed E-state index contributed by atoms with van der Waals surface area (Å²) >= 11 is 0. The van der Waals surface area contributed by atoms with Gasteiger partial charge in [-0.2, -0.15) is 0 Å². The first kappa shape index (κ1) is 20.2. The van der Waals surface area contributed by atoms with Crippen molar-refractivity contribution in [1.82, 2.24) is 4.98 Å². The van der Waals surface area contributed by atoms with Gasteiger partial charge >= 0.3 is 0 Å². The summed E-state index contributed by atoms with van der Waals surface area (Å²) in [6.45, 7) is 1.07. The molecule has 2 aromatic carbocycles. The molecule has 2 N–H and O–H groups in total. The largest absolute Gasteiger partial charge is 0.492 e. The molecule has 0 atom stereocenters. The number of sulfonamides is 1. The van der Waals surface area contributed by atoms with Gasteiger partial charge in [0.1, 0.15) is 12.4 Å². The van der Waals surface area contributed by atoms with E-state index in [-0.39, 0.29) is 0 Å². The summed E-state index contributed by atoms with van der Waals surface area (Å²) in [5.41, 5.74) is 3.85. The Hall–Kier alpha value is -3.06. The molecule has 6 nitrogen and oxygen atoms in total. The average Bonchev–Trinajstić information content (AvgIpc) is 2.77. The topological polar surface area (TPSA) is 80.3 Å². The summed E-state index contributed by atoms with van der Waals surface area (Å²) < 4.78 is 34.1. The molecule has 1 aliphatic carbocycles. The monoisotopic (exact) mass is 423 g/mol. The molecule has 4 rings (SSSR count). The number of benzene rings is 2. The second kappa shape index (κ2) is 9.17. The van der Waals surface area contributed by atoms with Crippen molar-refractivity contribution in [1.29, 1.82) is 0 Å². The lowest BCUT2D eigenvalue weighted by atomic mass is 9.92. The average molecular weight is 424 g/mol. The maximum absolute atomic E-state index is 12.8. The summed E-state index contributed by atoms with van der Waals surface area (Å²) in [5, 5.41) is 3.24. The van der Waals surface area contributed by atoms with Gasteiger partial charge in [-0.3, -0.25) is 9.71 Å².